The van der Waals surface area contributed by atoms with Crippen molar-refractivity contribution in [1.29, 1.82) is 0 Å². The molecule has 0 spiro atoms. The van der Waals surface area contributed by atoms with Crippen molar-refractivity contribution in [2.24, 2.45) is 0 Å². The Morgan fingerprint density at radius 2 is 1.66 bits per heavy atom. The lowest BCUT2D eigenvalue weighted by atomic mass is 10.00. The van der Waals surface area contributed by atoms with Crippen LogP contribution in [-0.4, -0.2) is 43.2 Å². The Bertz CT molecular complexity index is 740. The molecule has 1 aliphatic rings. The van der Waals surface area contributed by atoms with E-state index in [4.69, 9.17) is 9.47 Å². The highest BCUT2D eigenvalue weighted by Crippen LogP contribution is 2.24. The van der Waals surface area contributed by atoms with Gasteiger partial charge in [-0.1, -0.05) is 37.3 Å². The molecule has 156 valence electrons. The number of hydrogen-bond donors (Lipinski definition) is 1. The number of carbonyl (C=O) groups excluding carboxylic acids is 1. The van der Waals surface area contributed by atoms with E-state index in [0.717, 1.165) is 38.1 Å². The number of piperidine rings is 1. The van der Waals surface area contributed by atoms with Gasteiger partial charge in [-0.25, -0.2) is 0 Å². The van der Waals surface area contributed by atoms with Gasteiger partial charge in [0.2, 0.25) is 0 Å². The van der Waals surface area contributed by atoms with Crippen LogP contribution in [0.4, 0.5) is 0 Å². The van der Waals surface area contributed by atoms with E-state index >= 15 is 0 Å². The van der Waals surface area contributed by atoms with Crippen molar-refractivity contribution < 1.29 is 14.3 Å². The van der Waals surface area contributed by atoms with Gasteiger partial charge in [0.25, 0.3) is 5.91 Å². The van der Waals surface area contributed by atoms with Crippen molar-refractivity contribution in [3.8, 4) is 11.5 Å². The summed E-state index contributed by atoms with van der Waals surface area (Å²) in [5.74, 6) is 1.43. The zero-order chi connectivity index (χ0) is 20.5. The molecule has 1 amide bonds. The first-order valence-corrected chi connectivity index (χ1v) is 10.6. The van der Waals surface area contributed by atoms with Crippen LogP contribution in [0.3, 0.4) is 0 Å². The molecule has 5 nitrogen and oxygen atoms in total. The summed E-state index contributed by atoms with van der Waals surface area (Å²) >= 11 is 0. The molecule has 29 heavy (non-hydrogen) atoms. The first-order chi connectivity index (χ1) is 14.2. The molecule has 1 fully saturated rings. The molecule has 5 heteroatoms. The SMILES string of the molecule is CCCOc1ccc(OCC(=O)NC2CCN(C(C)c3ccccc3)CC2)cc1. The van der Waals surface area contributed by atoms with Crippen molar-refractivity contribution in [3.05, 3.63) is 60.2 Å². The van der Waals surface area contributed by atoms with Crippen LogP contribution in [0.25, 0.3) is 0 Å². The number of benzene rings is 2. The lowest BCUT2D eigenvalue weighted by Gasteiger charge is -2.36. The molecular weight excluding hydrogens is 364 g/mol. The minimum atomic E-state index is -0.0640. The minimum Gasteiger partial charge on any atom is -0.494 e. The van der Waals surface area contributed by atoms with E-state index in [9.17, 15) is 4.79 Å². The van der Waals surface area contributed by atoms with Gasteiger partial charge in [-0.15, -0.1) is 0 Å². The van der Waals surface area contributed by atoms with Crippen LogP contribution in [0.1, 0.15) is 44.7 Å². The number of rotatable bonds is 9. The molecule has 2 aromatic rings. The van der Waals surface area contributed by atoms with Crippen molar-refractivity contribution >= 4 is 5.91 Å². The van der Waals surface area contributed by atoms with Crippen molar-refractivity contribution in [2.45, 2.75) is 45.2 Å². The zero-order valence-corrected chi connectivity index (χ0v) is 17.5. The van der Waals surface area contributed by atoms with Gasteiger partial charge in [0, 0.05) is 25.2 Å². The summed E-state index contributed by atoms with van der Waals surface area (Å²) in [7, 11) is 0. The largest absolute Gasteiger partial charge is 0.494 e. The molecular formula is C24H32N2O3. The molecule has 1 heterocycles. The maximum absolute atomic E-state index is 12.3. The molecule has 1 atom stereocenters. The highest BCUT2D eigenvalue weighted by Gasteiger charge is 2.24. The van der Waals surface area contributed by atoms with Gasteiger partial charge < -0.3 is 14.8 Å². The summed E-state index contributed by atoms with van der Waals surface area (Å²) in [5, 5.41) is 3.11. The average molecular weight is 397 g/mol. The predicted molar refractivity (Wildman–Crippen MR) is 115 cm³/mol. The molecule has 1 aliphatic heterocycles. The van der Waals surface area contributed by atoms with Crippen LogP contribution in [0.15, 0.2) is 54.6 Å². The second kappa shape index (κ2) is 10.9. The maximum Gasteiger partial charge on any atom is 0.258 e. The maximum atomic E-state index is 12.3. The number of carbonyl (C=O) groups is 1. The Kier molecular flexibility index (Phi) is 7.94. The molecule has 2 aromatic carbocycles. The van der Waals surface area contributed by atoms with E-state index < -0.39 is 0 Å². The second-order valence-electron chi connectivity index (χ2n) is 7.57. The highest BCUT2D eigenvalue weighted by atomic mass is 16.5. The zero-order valence-electron chi connectivity index (χ0n) is 17.5. The van der Waals surface area contributed by atoms with Gasteiger partial charge in [0.1, 0.15) is 11.5 Å². The summed E-state index contributed by atoms with van der Waals surface area (Å²) in [6, 6.07) is 18.6. The number of ether oxygens (including phenoxy) is 2. The average Bonchev–Trinajstić information content (AvgIpc) is 2.77. The van der Waals surface area contributed by atoms with E-state index in [1.165, 1.54) is 5.56 Å². The van der Waals surface area contributed by atoms with Crippen molar-refractivity contribution in [1.82, 2.24) is 10.2 Å². The van der Waals surface area contributed by atoms with E-state index in [0.29, 0.717) is 18.4 Å². The minimum absolute atomic E-state index is 0.0375. The van der Waals surface area contributed by atoms with E-state index in [1.54, 1.807) is 0 Å². The third-order valence-corrected chi connectivity index (χ3v) is 5.39. The lowest BCUT2D eigenvalue weighted by Crippen LogP contribution is -2.46. The second-order valence-corrected chi connectivity index (χ2v) is 7.57. The van der Waals surface area contributed by atoms with Crippen LogP contribution in [0.2, 0.25) is 0 Å². The summed E-state index contributed by atoms with van der Waals surface area (Å²) in [4.78, 5) is 14.7. The Morgan fingerprint density at radius 3 is 2.28 bits per heavy atom. The number of nitrogens with one attached hydrogen (secondary N) is 1. The van der Waals surface area contributed by atoms with Crippen LogP contribution in [-0.2, 0) is 4.79 Å². The van der Waals surface area contributed by atoms with Crippen molar-refractivity contribution in [3.63, 3.8) is 0 Å². The van der Waals surface area contributed by atoms with Gasteiger partial charge in [-0.05, 0) is 56.0 Å². The smallest absolute Gasteiger partial charge is 0.258 e. The van der Waals surface area contributed by atoms with E-state index in [2.05, 4.69) is 54.4 Å². The van der Waals surface area contributed by atoms with E-state index in [1.807, 2.05) is 24.3 Å². The highest BCUT2D eigenvalue weighted by molar-refractivity contribution is 5.77. The third kappa shape index (κ3) is 6.50. The van der Waals surface area contributed by atoms with Gasteiger partial charge in [0.05, 0.1) is 6.61 Å². The Hall–Kier alpha value is -2.53. The first-order valence-electron chi connectivity index (χ1n) is 10.6. The molecule has 1 saturated heterocycles. The molecule has 0 bridgehead atoms. The fourth-order valence-electron chi connectivity index (χ4n) is 3.64. The van der Waals surface area contributed by atoms with Crippen LogP contribution < -0.4 is 14.8 Å². The summed E-state index contributed by atoms with van der Waals surface area (Å²) in [5.41, 5.74) is 1.34. The van der Waals surface area contributed by atoms with Gasteiger partial charge in [-0.3, -0.25) is 9.69 Å². The fraction of sp³-hybridized carbons (Fsp3) is 0.458. The van der Waals surface area contributed by atoms with Crippen LogP contribution in [0.5, 0.6) is 11.5 Å². The lowest BCUT2D eigenvalue weighted by molar-refractivity contribution is -0.124. The Balaban J connectivity index is 1.37. The Morgan fingerprint density at radius 1 is 1.03 bits per heavy atom. The molecule has 1 N–H and O–H groups in total. The summed E-state index contributed by atoms with van der Waals surface area (Å²) in [6.45, 7) is 7.04. The molecule has 0 radical (unpaired) electrons. The van der Waals surface area contributed by atoms with Gasteiger partial charge in [-0.2, -0.15) is 0 Å². The standard InChI is InChI=1S/C24H32N2O3/c1-3-17-28-22-9-11-23(12-10-22)29-18-24(27)25-21-13-15-26(16-14-21)19(2)20-7-5-4-6-8-20/h4-12,19,21H,3,13-18H2,1-2H3,(H,25,27). The summed E-state index contributed by atoms with van der Waals surface area (Å²) in [6.07, 6.45) is 2.90. The van der Waals surface area contributed by atoms with Crippen molar-refractivity contribution in [2.75, 3.05) is 26.3 Å². The van der Waals surface area contributed by atoms with Gasteiger partial charge in [0.15, 0.2) is 6.61 Å². The molecule has 1 unspecified atom stereocenters. The molecule has 3 rings (SSSR count). The summed E-state index contributed by atoms with van der Waals surface area (Å²) < 4.78 is 11.2. The predicted octanol–water partition coefficient (Wildman–Crippen LogP) is 4.20. The molecule has 0 aliphatic carbocycles. The molecule has 0 aromatic heterocycles. The normalized spacial score (nSPS) is 16.2. The van der Waals surface area contributed by atoms with E-state index in [-0.39, 0.29) is 18.6 Å². The quantitative estimate of drug-likeness (QED) is 0.690. The third-order valence-electron chi connectivity index (χ3n) is 5.39. The number of hydrogen-bond acceptors (Lipinski definition) is 4. The topological polar surface area (TPSA) is 50.8 Å². The monoisotopic (exact) mass is 396 g/mol. The number of nitrogens with zero attached hydrogens (tertiary/aromatic N) is 1. The van der Waals surface area contributed by atoms with Crippen LogP contribution >= 0.6 is 0 Å². The molecule has 0 saturated carbocycles. The fourth-order valence-corrected chi connectivity index (χ4v) is 3.64. The number of amides is 1. The van der Waals surface area contributed by atoms with Crippen LogP contribution in [0, 0.1) is 0 Å². The Labute approximate surface area is 174 Å². The first kappa shape index (κ1) is 21.2. The van der Waals surface area contributed by atoms with Gasteiger partial charge >= 0.3 is 0 Å². The number of likely N-dealkylation sites (tertiary alicyclic amines) is 1.